The minimum Gasteiger partial charge on any atom is -1.00 e. The van der Waals surface area contributed by atoms with Crippen molar-refractivity contribution in [3.05, 3.63) is 0 Å². The van der Waals surface area contributed by atoms with Gasteiger partial charge >= 0.3 is 41.5 Å². The van der Waals surface area contributed by atoms with Gasteiger partial charge in [-0.15, -0.1) is 0 Å². The third-order valence-electron chi connectivity index (χ3n) is 0.771. The van der Waals surface area contributed by atoms with Crippen LogP contribution in [0.3, 0.4) is 0 Å². The molecule has 10 heavy (non-hydrogen) atoms. The first-order chi connectivity index (χ1) is 4.16. The second kappa shape index (κ2) is 7.05. The summed E-state index contributed by atoms with van der Waals surface area (Å²) in [6.07, 6.45) is -0.210. The fourth-order valence-corrected chi connectivity index (χ4v) is 0.311. The predicted molar refractivity (Wildman–Crippen MR) is 30.0 cm³/mol. The molecule has 0 aliphatic heterocycles. The number of aliphatic carboxylic acids is 1. The van der Waals surface area contributed by atoms with Gasteiger partial charge in [-0.1, -0.05) is 0 Å². The maximum absolute atomic E-state index is 10.2. The molecule has 0 aliphatic carbocycles. The normalized spacial score (nSPS) is 7.70. The standard InChI is InChI=1S/C5H8O4.Na.H/c1-9-5(8)3-2-4(6)7;;/h2-3H2,1H3,(H,6,7);;/q;+1;-1. The Kier molecular flexibility index (Phi) is 8.89. The maximum atomic E-state index is 10.2. The van der Waals surface area contributed by atoms with Gasteiger partial charge in [0.1, 0.15) is 0 Å². The van der Waals surface area contributed by atoms with Crippen molar-refractivity contribution in [2.45, 2.75) is 12.8 Å². The molecule has 0 aromatic carbocycles. The Morgan fingerprint density at radius 1 is 1.50 bits per heavy atom. The first-order valence-corrected chi connectivity index (χ1v) is 2.45. The van der Waals surface area contributed by atoms with E-state index in [0.717, 1.165) is 0 Å². The average molecular weight is 156 g/mol. The number of carbonyl (C=O) groups is 2. The number of carbonyl (C=O) groups excluding carboxylic acids is 1. The second-order valence-corrected chi connectivity index (χ2v) is 1.47. The molecule has 5 heteroatoms. The van der Waals surface area contributed by atoms with Crippen LogP contribution in [0, 0.1) is 0 Å². The molecule has 54 valence electrons. The molecule has 0 aliphatic rings. The number of carboxylic acids is 1. The molecule has 1 N–H and O–H groups in total. The molecule has 0 fully saturated rings. The van der Waals surface area contributed by atoms with E-state index in [2.05, 4.69) is 4.74 Å². The molecule has 0 unspecified atom stereocenters. The van der Waals surface area contributed by atoms with E-state index in [4.69, 9.17) is 5.11 Å². The Bertz CT molecular complexity index is 128. The molecule has 0 amide bonds. The van der Waals surface area contributed by atoms with Crippen LogP contribution in [0.15, 0.2) is 0 Å². The Hall–Kier alpha value is -0.0600. The van der Waals surface area contributed by atoms with Crippen LogP contribution >= 0.6 is 0 Å². The van der Waals surface area contributed by atoms with Crippen molar-refractivity contribution in [3.63, 3.8) is 0 Å². The van der Waals surface area contributed by atoms with Crippen molar-refractivity contribution >= 4 is 11.9 Å². The molecule has 0 saturated heterocycles. The van der Waals surface area contributed by atoms with Crippen LogP contribution in [0.1, 0.15) is 14.3 Å². The van der Waals surface area contributed by atoms with Gasteiger partial charge < -0.3 is 11.3 Å². The molecule has 0 heterocycles. The third-order valence-corrected chi connectivity index (χ3v) is 0.771. The summed E-state index contributed by atoms with van der Waals surface area (Å²) in [6.45, 7) is 0. The number of ether oxygens (including phenoxy) is 1. The molecule has 0 spiro atoms. The molecule has 0 radical (unpaired) electrons. The van der Waals surface area contributed by atoms with E-state index in [1.165, 1.54) is 7.11 Å². The van der Waals surface area contributed by atoms with Gasteiger partial charge in [0.25, 0.3) is 0 Å². The fourth-order valence-electron chi connectivity index (χ4n) is 0.311. The average Bonchev–Trinajstić information content (AvgIpc) is 1.83. The van der Waals surface area contributed by atoms with Crippen LogP contribution < -0.4 is 29.6 Å². The van der Waals surface area contributed by atoms with Crippen molar-refractivity contribution in [3.8, 4) is 0 Å². The van der Waals surface area contributed by atoms with E-state index in [1.54, 1.807) is 0 Å². The Balaban J connectivity index is -0.000000320. The molecule has 0 bridgehead atoms. The van der Waals surface area contributed by atoms with E-state index < -0.39 is 11.9 Å². The van der Waals surface area contributed by atoms with E-state index in [1.807, 2.05) is 0 Å². The van der Waals surface area contributed by atoms with E-state index in [0.29, 0.717) is 0 Å². The molecule has 0 atom stereocenters. The topological polar surface area (TPSA) is 63.6 Å². The van der Waals surface area contributed by atoms with Crippen LogP contribution in [0.2, 0.25) is 0 Å². The zero-order valence-corrected chi connectivity index (χ0v) is 8.09. The fraction of sp³-hybridized carbons (Fsp3) is 0.600. The van der Waals surface area contributed by atoms with Gasteiger partial charge in [0, 0.05) is 0 Å². The summed E-state index contributed by atoms with van der Waals surface area (Å²) >= 11 is 0. The maximum Gasteiger partial charge on any atom is 1.00 e. The number of methoxy groups -OCH3 is 1. The predicted octanol–water partition coefficient (Wildman–Crippen LogP) is -2.86. The molecule has 0 saturated carbocycles. The molecular formula is C5H9NaO4. The molecule has 0 aromatic rings. The Morgan fingerprint density at radius 2 is 2.00 bits per heavy atom. The summed E-state index contributed by atoms with van der Waals surface area (Å²) in [5.74, 6) is -1.47. The third kappa shape index (κ3) is 7.94. The summed E-state index contributed by atoms with van der Waals surface area (Å²) in [4.78, 5) is 20.0. The van der Waals surface area contributed by atoms with Gasteiger partial charge in [0.2, 0.25) is 0 Å². The van der Waals surface area contributed by atoms with Crippen LogP contribution in [-0.4, -0.2) is 24.2 Å². The number of carboxylic acid groups (broad SMARTS) is 1. The van der Waals surface area contributed by atoms with Crippen molar-refractivity contribution in [2.24, 2.45) is 0 Å². The van der Waals surface area contributed by atoms with E-state index in [9.17, 15) is 9.59 Å². The van der Waals surface area contributed by atoms with Gasteiger partial charge in [0.15, 0.2) is 0 Å². The number of hydrogen-bond donors (Lipinski definition) is 1. The van der Waals surface area contributed by atoms with E-state index in [-0.39, 0.29) is 43.8 Å². The summed E-state index contributed by atoms with van der Waals surface area (Å²) < 4.78 is 4.20. The van der Waals surface area contributed by atoms with Crippen LogP contribution in [0.25, 0.3) is 0 Å². The van der Waals surface area contributed by atoms with Crippen LogP contribution in [0.4, 0.5) is 0 Å². The van der Waals surface area contributed by atoms with Gasteiger partial charge in [-0.25, -0.2) is 0 Å². The number of rotatable bonds is 3. The van der Waals surface area contributed by atoms with Gasteiger partial charge in [-0.2, -0.15) is 0 Å². The van der Waals surface area contributed by atoms with Crippen molar-refractivity contribution in [2.75, 3.05) is 7.11 Å². The smallest absolute Gasteiger partial charge is 1.00 e. The first-order valence-electron chi connectivity index (χ1n) is 2.45. The quantitative estimate of drug-likeness (QED) is 0.352. The monoisotopic (exact) mass is 156 g/mol. The van der Waals surface area contributed by atoms with E-state index >= 15 is 0 Å². The SMILES string of the molecule is COC(=O)CCC(=O)O.[H-].[Na+]. The minimum absolute atomic E-state index is 0. The summed E-state index contributed by atoms with van der Waals surface area (Å²) in [6, 6.07) is 0. The van der Waals surface area contributed by atoms with Crippen molar-refractivity contribution in [1.82, 2.24) is 0 Å². The molecule has 0 rings (SSSR count). The van der Waals surface area contributed by atoms with Gasteiger partial charge in [-0.3, -0.25) is 9.59 Å². The van der Waals surface area contributed by atoms with Crippen LogP contribution in [0.5, 0.6) is 0 Å². The molecule has 0 aromatic heterocycles. The zero-order valence-electron chi connectivity index (χ0n) is 7.09. The van der Waals surface area contributed by atoms with Crippen molar-refractivity contribution < 1.29 is 50.4 Å². The van der Waals surface area contributed by atoms with Crippen molar-refractivity contribution in [1.29, 1.82) is 0 Å². The minimum atomic E-state index is -0.986. The number of esters is 1. The van der Waals surface area contributed by atoms with Gasteiger partial charge in [-0.05, 0) is 0 Å². The summed E-state index contributed by atoms with van der Waals surface area (Å²) in [7, 11) is 1.23. The zero-order chi connectivity index (χ0) is 7.28. The Morgan fingerprint density at radius 3 is 2.30 bits per heavy atom. The number of hydrogen-bond acceptors (Lipinski definition) is 3. The second-order valence-electron chi connectivity index (χ2n) is 1.47. The van der Waals surface area contributed by atoms with Gasteiger partial charge in [0.05, 0.1) is 20.0 Å². The molecule has 4 nitrogen and oxygen atoms in total. The summed E-state index contributed by atoms with van der Waals surface area (Å²) in [5, 5.41) is 8.05. The summed E-state index contributed by atoms with van der Waals surface area (Å²) in [5.41, 5.74) is 0. The largest absolute Gasteiger partial charge is 1.00 e. The van der Waals surface area contributed by atoms with Crippen LogP contribution in [-0.2, 0) is 14.3 Å². The Labute approximate surface area is 82.3 Å². The first kappa shape index (κ1) is 12.6. The molecular weight excluding hydrogens is 147 g/mol.